The minimum Gasteiger partial charge on any atom is -0.328 e. The van der Waals surface area contributed by atoms with Gasteiger partial charge in [-0.1, -0.05) is 0 Å². The fourth-order valence-corrected chi connectivity index (χ4v) is 3.09. The van der Waals surface area contributed by atoms with E-state index in [-0.39, 0.29) is 5.03 Å². The Hall–Kier alpha value is -0.880. The van der Waals surface area contributed by atoms with Crippen LogP contribution in [0, 0.1) is 6.92 Å². The number of nitrogens with two attached hydrogens (primary N) is 1. The standard InChI is InChI=1S/C9H15N3O2S/c1-6-4-3-5-8-9(15(10,13)14)11-7(2)12(6)8/h6H,3-5H2,1-2H3,(H2,10,13,14). The highest BCUT2D eigenvalue weighted by molar-refractivity contribution is 7.89. The molecule has 1 aromatic heterocycles. The van der Waals surface area contributed by atoms with Crippen LogP contribution in [0.4, 0.5) is 0 Å². The summed E-state index contributed by atoms with van der Waals surface area (Å²) < 4.78 is 24.6. The molecule has 1 atom stereocenters. The molecule has 0 bridgehead atoms. The van der Waals surface area contributed by atoms with Crippen molar-refractivity contribution in [1.29, 1.82) is 0 Å². The van der Waals surface area contributed by atoms with Crippen molar-refractivity contribution < 1.29 is 8.42 Å². The summed E-state index contributed by atoms with van der Waals surface area (Å²) in [6.45, 7) is 3.89. The summed E-state index contributed by atoms with van der Waals surface area (Å²) in [6.07, 6.45) is 2.81. The Bertz CT molecular complexity index is 490. The Kier molecular flexibility index (Phi) is 2.35. The quantitative estimate of drug-likeness (QED) is 0.771. The second-order valence-corrected chi connectivity index (χ2v) is 5.54. The molecule has 1 aliphatic rings. The van der Waals surface area contributed by atoms with E-state index in [4.69, 9.17) is 5.14 Å². The normalized spacial score (nSPS) is 21.4. The Morgan fingerprint density at radius 3 is 2.80 bits per heavy atom. The zero-order chi connectivity index (χ0) is 11.2. The molecule has 0 fully saturated rings. The van der Waals surface area contributed by atoms with Crippen LogP contribution < -0.4 is 5.14 Å². The van der Waals surface area contributed by atoms with E-state index in [1.165, 1.54) is 0 Å². The molecule has 2 N–H and O–H groups in total. The second kappa shape index (κ2) is 3.31. The van der Waals surface area contributed by atoms with Gasteiger partial charge in [0.25, 0.3) is 10.0 Å². The summed E-state index contributed by atoms with van der Waals surface area (Å²) in [5.41, 5.74) is 0.772. The summed E-state index contributed by atoms with van der Waals surface area (Å²) in [6, 6.07) is 0.316. The zero-order valence-electron chi connectivity index (χ0n) is 8.90. The maximum absolute atomic E-state index is 11.3. The van der Waals surface area contributed by atoms with Gasteiger partial charge in [-0.3, -0.25) is 0 Å². The molecule has 1 aromatic rings. The zero-order valence-corrected chi connectivity index (χ0v) is 9.71. The molecule has 0 amide bonds. The van der Waals surface area contributed by atoms with Crippen LogP contribution in [0.5, 0.6) is 0 Å². The molecule has 15 heavy (non-hydrogen) atoms. The summed E-state index contributed by atoms with van der Waals surface area (Å²) in [7, 11) is -3.68. The molecule has 6 heteroatoms. The average molecular weight is 229 g/mol. The molecule has 2 heterocycles. The van der Waals surface area contributed by atoms with Crippen molar-refractivity contribution in [2.45, 2.75) is 44.2 Å². The van der Waals surface area contributed by atoms with Gasteiger partial charge >= 0.3 is 0 Å². The van der Waals surface area contributed by atoms with E-state index in [0.29, 0.717) is 6.04 Å². The first-order chi connectivity index (χ1) is 6.91. The predicted molar refractivity (Wildman–Crippen MR) is 56.0 cm³/mol. The first-order valence-corrected chi connectivity index (χ1v) is 6.56. The van der Waals surface area contributed by atoms with Crippen molar-refractivity contribution >= 4 is 10.0 Å². The Morgan fingerprint density at radius 2 is 2.20 bits per heavy atom. The van der Waals surface area contributed by atoms with Crippen LogP contribution in [0.2, 0.25) is 0 Å². The van der Waals surface area contributed by atoms with Gasteiger partial charge < -0.3 is 4.57 Å². The average Bonchev–Trinajstić information content (AvgIpc) is 2.44. The third-order valence-corrected chi connectivity index (χ3v) is 3.76. The van der Waals surface area contributed by atoms with E-state index in [2.05, 4.69) is 11.9 Å². The second-order valence-electron chi connectivity index (χ2n) is 4.07. The summed E-state index contributed by atoms with van der Waals surface area (Å²) in [5.74, 6) is 0.737. The summed E-state index contributed by atoms with van der Waals surface area (Å²) in [5, 5.41) is 5.20. The van der Waals surface area contributed by atoms with Crippen LogP contribution in [0.1, 0.15) is 37.3 Å². The van der Waals surface area contributed by atoms with Crippen molar-refractivity contribution in [3.8, 4) is 0 Å². The number of primary sulfonamides is 1. The molecule has 1 unspecified atom stereocenters. The Labute approximate surface area is 89.4 Å². The van der Waals surface area contributed by atoms with Crippen LogP contribution in [0.25, 0.3) is 0 Å². The van der Waals surface area contributed by atoms with Crippen LogP contribution in [0.3, 0.4) is 0 Å². The van der Waals surface area contributed by atoms with Crippen LogP contribution in [-0.2, 0) is 16.4 Å². The number of rotatable bonds is 1. The largest absolute Gasteiger partial charge is 0.328 e. The summed E-state index contributed by atoms with van der Waals surface area (Å²) in [4.78, 5) is 4.06. The van der Waals surface area contributed by atoms with Gasteiger partial charge in [-0.15, -0.1) is 0 Å². The molecule has 2 rings (SSSR count). The first kappa shape index (κ1) is 10.6. The molecule has 0 aromatic carbocycles. The lowest BCUT2D eigenvalue weighted by Gasteiger charge is -2.23. The van der Waals surface area contributed by atoms with Gasteiger partial charge in [-0.2, -0.15) is 0 Å². The lowest BCUT2D eigenvalue weighted by atomic mass is 10.0. The lowest BCUT2D eigenvalue weighted by Crippen LogP contribution is -2.20. The topological polar surface area (TPSA) is 78.0 Å². The SMILES string of the molecule is Cc1nc(S(N)(=O)=O)c2n1C(C)CCC2. The number of nitrogens with zero attached hydrogens (tertiary/aromatic N) is 2. The van der Waals surface area contributed by atoms with Crippen molar-refractivity contribution in [2.75, 3.05) is 0 Å². The van der Waals surface area contributed by atoms with Gasteiger partial charge in [0.2, 0.25) is 0 Å². The monoisotopic (exact) mass is 229 g/mol. The van der Waals surface area contributed by atoms with E-state index < -0.39 is 10.0 Å². The molecule has 0 aliphatic carbocycles. The van der Waals surface area contributed by atoms with E-state index in [1.54, 1.807) is 0 Å². The number of fused-ring (bicyclic) bond motifs is 1. The smallest absolute Gasteiger partial charge is 0.257 e. The van der Waals surface area contributed by atoms with Gasteiger partial charge in [0, 0.05) is 6.04 Å². The highest BCUT2D eigenvalue weighted by Gasteiger charge is 2.27. The number of hydrogen-bond acceptors (Lipinski definition) is 3. The fraction of sp³-hybridized carbons (Fsp3) is 0.667. The van der Waals surface area contributed by atoms with Gasteiger partial charge in [0.05, 0.1) is 5.69 Å². The summed E-state index contributed by atoms with van der Waals surface area (Å²) >= 11 is 0. The fourth-order valence-electron chi connectivity index (χ4n) is 2.30. The van der Waals surface area contributed by atoms with Crippen molar-refractivity contribution in [3.05, 3.63) is 11.5 Å². The van der Waals surface area contributed by atoms with E-state index in [9.17, 15) is 8.42 Å². The molecule has 5 nitrogen and oxygen atoms in total. The van der Waals surface area contributed by atoms with Gasteiger partial charge in [0.15, 0.2) is 5.03 Å². The molecule has 0 spiro atoms. The maximum Gasteiger partial charge on any atom is 0.257 e. The van der Waals surface area contributed by atoms with Crippen molar-refractivity contribution in [2.24, 2.45) is 5.14 Å². The number of imidazole rings is 1. The highest BCUT2D eigenvalue weighted by atomic mass is 32.2. The molecule has 0 saturated carbocycles. The van der Waals surface area contributed by atoms with Crippen molar-refractivity contribution in [1.82, 2.24) is 9.55 Å². The van der Waals surface area contributed by atoms with E-state index >= 15 is 0 Å². The number of aryl methyl sites for hydroxylation is 1. The molecule has 84 valence electrons. The third-order valence-electron chi connectivity index (χ3n) is 2.90. The predicted octanol–water partition coefficient (Wildman–Crippen LogP) is 0.736. The van der Waals surface area contributed by atoms with Crippen LogP contribution in [0.15, 0.2) is 5.03 Å². The molecular formula is C9H15N3O2S. The maximum atomic E-state index is 11.3. The van der Waals surface area contributed by atoms with Crippen LogP contribution >= 0.6 is 0 Å². The van der Waals surface area contributed by atoms with Crippen molar-refractivity contribution in [3.63, 3.8) is 0 Å². The van der Waals surface area contributed by atoms with Crippen LogP contribution in [-0.4, -0.2) is 18.0 Å². The van der Waals surface area contributed by atoms with E-state index in [1.807, 2.05) is 11.5 Å². The number of aromatic nitrogens is 2. The minimum atomic E-state index is -3.68. The van der Waals surface area contributed by atoms with Gasteiger partial charge in [-0.05, 0) is 33.1 Å². The minimum absolute atomic E-state index is 0.0616. The van der Waals surface area contributed by atoms with Gasteiger partial charge in [0.1, 0.15) is 5.82 Å². The molecular weight excluding hydrogens is 214 g/mol. The lowest BCUT2D eigenvalue weighted by molar-refractivity contribution is 0.420. The first-order valence-electron chi connectivity index (χ1n) is 5.01. The third kappa shape index (κ3) is 1.68. The van der Waals surface area contributed by atoms with E-state index in [0.717, 1.165) is 30.8 Å². The number of hydrogen-bond donors (Lipinski definition) is 1. The molecule has 1 aliphatic heterocycles. The van der Waals surface area contributed by atoms with Gasteiger partial charge in [-0.25, -0.2) is 18.5 Å². The Balaban J connectivity index is 2.67. The molecule has 0 radical (unpaired) electrons. The number of sulfonamides is 1. The molecule has 0 saturated heterocycles. The highest BCUT2D eigenvalue weighted by Crippen LogP contribution is 2.29. The Morgan fingerprint density at radius 1 is 1.53 bits per heavy atom.